The molecule has 0 heterocycles. The van der Waals surface area contributed by atoms with Crippen molar-refractivity contribution in [1.82, 2.24) is 4.90 Å². The largest absolute Gasteiger partial charge is 0.387 e. The monoisotopic (exact) mass is 257 g/mol. The fraction of sp³-hybridized carbons (Fsp3) is 0.571. The van der Waals surface area contributed by atoms with Gasteiger partial charge in [0.15, 0.2) is 11.6 Å². The average molecular weight is 257 g/mol. The zero-order chi connectivity index (χ0) is 13.9. The molecule has 1 atom stereocenters. The summed E-state index contributed by atoms with van der Waals surface area (Å²) < 4.78 is 26.5. The third-order valence-corrected chi connectivity index (χ3v) is 2.57. The van der Waals surface area contributed by atoms with Gasteiger partial charge in [-0.3, -0.25) is 0 Å². The third-order valence-electron chi connectivity index (χ3n) is 2.57. The summed E-state index contributed by atoms with van der Waals surface area (Å²) in [5.74, 6) is -1.89. The number of benzene rings is 1. The summed E-state index contributed by atoms with van der Waals surface area (Å²) in [6, 6.07) is 3.86. The summed E-state index contributed by atoms with van der Waals surface area (Å²) in [5.41, 5.74) is 0.102. The number of aliphatic hydroxyl groups excluding tert-OH is 1. The van der Waals surface area contributed by atoms with Gasteiger partial charge in [0.2, 0.25) is 0 Å². The number of hydrogen-bond acceptors (Lipinski definition) is 2. The van der Waals surface area contributed by atoms with Crippen LogP contribution in [0, 0.1) is 17.0 Å². The maximum atomic E-state index is 13.5. The molecule has 1 aromatic rings. The molecule has 0 saturated heterocycles. The third kappa shape index (κ3) is 4.35. The summed E-state index contributed by atoms with van der Waals surface area (Å²) in [7, 11) is 1.85. The predicted octanol–water partition coefficient (Wildman–Crippen LogP) is 2.98. The standard InChI is InChI=1S/C14H21F2NO/c1-14(2,3)9-17(4)8-12(18)10-6-5-7-11(15)13(10)16/h5-7,12,18H,8-9H2,1-4H3. The topological polar surface area (TPSA) is 23.5 Å². The smallest absolute Gasteiger partial charge is 0.164 e. The average Bonchev–Trinajstić information content (AvgIpc) is 2.18. The second-order valence-corrected chi connectivity index (χ2v) is 5.92. The predicted molar refractivity (Wildman–Crippen MR) is 68.3 cm³/mol. The number of aliphatic hydroxyl groups is 1. The molecular weight excluding hydrogens is 236 g/mol. The van der Waals surface area contributed by atoms with E-state index in [1.165, 1.54) is 12.1 Å². The molecule has 0 amide bonds. The second kappa shape index (κ2) is 5.76. The van der Waals surface area contributed by atoms with E-state index in [9.17, 15) is 13.9 Å². The Hall–Kier alpha value is -1.00. The van der Waals surface area contributed by atoms with Gasteiger partial charge in [-0.25, -0.2) is 8.78 Å². The first-order valence-corrected chi connectivity index (χ1v) is 6.01. The zero-order valence-corrected chi connectivity index (χ0v) is 11.4. The van der Waals surface area contributed by atoms with E-state index in [-0.39, 0.29) is 17.5 Å². The van der Waals surface area contributed by atoms with Crippen molar-refractivity contribution in [2.24, 2.45) is 5.41 Å². The lowest BCUT2D eigenvalue weighted by Crippen LogP contribution is -2.32. The van der Waals surface area contributed by atoms with Crippen molar-refractivity contribution < 1.29 is 13.9 Å². The Labute approximate surface area is 107 Å². The highest BCUT2D eigenvalue weighted by atomic mass is 19.2. The van der Waals surface area contributed by atoms with Crippen LogP contribution in [0.1, 0.15) is 32.4 Å². The highest BCUT2D eigenvalue weighted by molar-refractivity contribution is 5.21. The van der Waals surface area contributed by atoms with E-state index < -0.39 is 17.7 Å². The molecule has 0 bridgehead atoms. The molecule has 0 aromatic heterocycles. The Morgan fingerprint density at radius 3 is 2.44 bits per heavy atom. The van der Waals surface area contributed by atoms with Crippen LogP contribution in [0.25, 0.3) is 0 Å². The van der Waals surface area contributed by atoms with Crippen molar-refractivity contribution in [3.05, 3.63) is 35.4 Å². The van der Waals surface area contributed by atoms with Crippen LogP contribution in [0.2, 0.25) is 0 Å². The number of likely N-dealkylation sites (N-methyl/N-ethyl adjacent to an activating group) is 1. The van der Waals surface area contributed by atoms with Crippen molar-refractivity contribution in [2.75, 3.05) is 20.1 Å². The molecule has 1 rings (SSSR count). The van der Waals surface area contributed by atoms with Gasteiger partial charge in [0.1, 0.15) is 0 Å². The van der Waals surface area contributed by atoms with Gasteiger partial charge < -0.3 is 10.0 Å². The molecule has 0 aliphatic heterocycles. The molecule has 1 unspecified atom stereocenters. The van der Waals surface area contributed by atoms with Crippen LogP contribution in [0.5, 0.6) is 0 Å². The van der Waals surface area contributed by atoms with Crippen molar-refractivity contribution in [3.8, 4) is 0 Å². The Morgan fingerprint density at radius 2 is 1.89 bits per heavy atom. The first kappa shape index (κ1) is 15.1. The molecule has 1 aromatic carbocycles. The molecule has 2 nitrogen and oxygen atoms in total. The van der Waals surface area contributed by atoms with E-state index in [1.54, 1.807) is 0 Å². The van der Waals surface area contributed by atoms with E-state index in [0.717, 1.165) is 12.6 Å². The van der Waals surface area contributed by atoms with Crippen molar-refractivity contribution in [2.45, 2.75) is 26.9 Å². The number of rotatable bonds is 4. The summed E-state index contributed by atoms with van der Waals surface area (Å²) in [6.45, 7) is 7.29. The molecule has 0 aliphatic carbocycles. The van der Waals surface area contributed by atoms with Gasteiger partial charge in [0.25, 0.3) is 0 Å². The molecule has 0 aliphatic rings. The molecule has 4 heteroatoms. The van der Waals surface area contributed by atoms with E-state index in [1.807, 2.05) is 11.9 Å². The lowest BCUT2D eigenvalue weighted by molar-refractivity contribution is 0.105. The van der Waals surface area contributed by atoms with E-state index in [4.69, 9.17) is 0 Å². The molecule has 1 N–H and O–H groups in total. The second-order valence-electron chi connectivity index (χ2n) is 5.92. The maximum Gasteiger partial charge on any atom is 0.164 e. The summed E-state index contributed by atoms with van der Waals surface area (Å²) in [6.07, 6.45) is -1.02. The molecule has 0 spiro atoms. The Kier molecular flexibility index (Phi) is 4.82. The van der Waals surface area contributed by atoms with Crippen LogP contribution in [0.4, 0.5) is 8.78 Å². The van der Waals surface area contributed by atoms with Gasteiger partial charge in [0.05, 0.1) is 6.10 Å². The Bertz CT molecular complexity index is 401. The number of hydrogen-bond donors (Lipinski definition) is 1. The summed E-state index contributed by atoms with van der Waals surface area (Å²) in [4.78, 5) is 1.91. The van der Waals surface area contributed by atoms with Crippen molar-refractivity contribution in [3.63, 3.8) is 0 Å². The molecule has 0 fully saturated rings. The van der Waals surface area contributed by atoms with Crippen LogP contribution in [0.3, 0.4) is 0 Å². The normalized spacial score (nSPS) is 14.0. The lowest BCUT2D eigenvalue weighted by atomic mass is 9.96. The Balaban J connectivity index is 2.71. The van der Waals surface area contributed by atoms with Gasteiger partial charge >= 0.3 is 0 Å². The highest BCUT2D eigenvalue weighted by Gasteiger charge is 2.20. The fourth-order valence-electron chi connectivity index (χ4n) is 2.05. The Morgan fingerprint density at radius 1 is 1.28 bits per heavy atom. The van der Waals surface area contributed by atoms with Crippen LogP contribution in [-0.4, -0.2) is 30.1 Å². The lowest BCUT2D eigenvalue weighted by Gasteiger charge is -2.28. The first-order chi connectivity index (χ1) is 8.20. The van der Waals surface area contributed by atoms with Crippen molar-refractivity contribution >= 4 is 0 Å². The summed E-state index contributed by atoms with van der Waals surface area (Å²) in [5, 5.41) is 9.94. The molecule has 18 heavy (non-hydrogen) atoms. The van der Waals surface area contributed by atoms with Crippen LogP contribution in [0.15, 0.2) is 18.2 Å². The van der Waals surface area contributed by atoms with E-state index >= 15 is 0 Å². The van der Waals surface area contributed by atoms with Crippen LogP contribution in [-0.2, 0) is 0 Å². The van der Waals surface area contributed by atoms with E-state index in [2.05, 4.69) is 20.8 Å². The van der Waals surface area contributed by atoms with Gasteiger partial charge in [-0.15, -0.1) is 0 Å². The van der Waals surface area contributed by atoms with Gasteiger partial charge in [0, 0.05) is 18.7 Å². The maximum absolute atomic E-state index is 13.5. The van der Waals surface area contributed by atoms with Gasteiger partial charge in [-0.05, 0) is 18.5 Å². The fourth-order valence-corrected chi connectivity index (χ4v) is 2.05. The quantitative estimate of drug-likeness (QED) is 0.896. The van der Waals surface area contributed by atoms with Crippen molar-refractivity contribution in [1.29, 1.82) is 0 Å². The number of nitrogens with zero attached hydrogens (tertiary/aromatic N) is 1. The van der Waals surface area contributed by atoms with Crippen LogP contribution < -0.4 is 0 Å². The minimum atomic E-state index is -1.02. The van der Waals surface area contributed by atoms with Gasteiger partial charge in [-0.1, -0.05) is 32.9 Å². The highest BCUT2D eigenvalue weighted by Crippen LogP contribution is 2.21. The minimum Gasteiger partial charge on any atom is -0.387 e. The first-order valence-electron chi connectivity index (χ1n) is 6.01. The minimum absolute atomic E-state index is 0.00996. The zero-order valence-electron chi connectivity index (χ0n) is 11.4. The van der Waals surface area contributed by atoms with Gasteiger partial charge in [-0.2, -0.15) is 0 Å². The molecule has 0 saturated carbocycles. The SMILES string of the molecule is CN(CC(O)c1cccc(F)c1F)CC(C)(C)C. The molecule has 0 radical (unpaired) electrons. The summed E-state index contributed by atoms with van der Waals surface area (Å²) >= 11 is 0. The van der Waals surface area contributed by atoms with Crippen LogP contribution >= 0.6 is 0 Å². The van der Waals surface area contributed by atoms with E-state index in [0.29, 0.717) is 0 Å². The molecular formula is C14H21F2NO. The molecule has 102 valence electrons. The number of halogens is 2.